The predicted octanol–water partition coefficient (Wildman–Crippen LogP) is 8.85. The minimum Gasteiger partial charge on any atom is -0.307 e. The van der Waals surface area contributed by atoms with Crippen molar-refractivity contribution in [3.05, 3.63) is 108 Å². The maximum atomic E-state index is 4.75. The molecule has 0 aliphatic heterocycles. The lowest BCUT2D eigenvalue weighted by molar-refractivity contribution is 0.661. The third-order valence-corrected chi connectivity index (χ3v) is 8.74. The number of fused-ring (bicyclic) bond motifs is 10. The number of benzene rings is 5. The molecule has 5 aromatic carbocycles. The highest BCUT2D eigenvalue weighted by atomic mass is 32.1. The number of rotatable bonds is 1. The first-order chi connectivity index (χ1) is 17.1. The van der Waals surface area contributed by atoms with Crippen LogP contribution in [0, 0.1) is 0 Å². The SMILES string of the molecule is CC1(C)c2ccccc2-c2c1ccc1ccc3c(c4ccccc4n3-c3cccc4scnc34)c21. The van der Waals surface area contributed by atoms with Crippen molar-refractivity contribution >= 4 is 54.1 Å². The van der Waals surface area contributed by atoms with E-state index in [2.05, 4.69) is 109 Å². The summed E-state index contributed by atoms with van der Waals surface area (Å²) in [6, 6.07) is 33.5. The summed E-state index contributed by atoms with van der Waals surface area (Å²) in [4.78, 5) is 4.75. The zero-order valence-corrected chi connectivity index (χ0v) is 20.4. The van der Waals surface area contributed by atoms with Crippen LogP contribution in [0.15, 0.2) is 96.5 Å². The maximum absolute atomic E-state index is 4.75. The normalized spacial score (nSPS) is 14.2. The summed E-state index contributed by atoms with van der Waals surface area (Å²) in [7, 11) is 0. The largest absolute Gasteiger partial charge is 0.307 e. The first-order valence-corrected chi connectivity index (χ1v) is 12.9. The van der Waals surface area contributed by atoms with Gasteiger partial charge in [-0.05, 0) is 57.3 Å². The van der Waals surface area contributed by atoms with Crippen LogP contribution in [-0.4, -0.2) is 9.55 Å². The van der Waals surface area contributed by atoms with Crippen LogP contribution in [0.4, 0.5) is 0 Å². The summed E-state index contributed by atoms with van der Waals surface area (Å²) in [5.41, 5.74) is 12.2. The summed E-state index contributed by atoms with van der Waals surface area (Å²) in [6.45, 7) is 4.71. The molecule has 7 aromatic rings. The van der Waals surface area contributed by atoms with Gasteiger partial charge in [0.2, 0.25) is 0 Å². The number of hydrogen-bond donors (Lipinski definition) is 0. The van der Waals surface area contributed by atoms with Crippen molar-refractivity contribution in [2.75, 3.05) is 0 Å². The van der Waals surface area contributed by atoms with E-state index in [4.69, 9.17) is 4.98 Å². The lowest BCUT2D eigenvalue weighted by Crippen LogP contribution is -2.14. The van der Waals surface area contributed by atoms with E-state index in [1.807, 2.05) is 5.51 Å². The van der Waals surface area contributed by atoms with Gasteiger partial charge < -0.3 is 4.57 Å². The van der Waals surface area contributed by atoms with Crippen molar-refractivity contribution in [1.29, 1.82) is 0 Å². The summed E-state index contributed by atoms with van der Waals surface area (Å²) >= 11 is 1.70. The zero-order valence-electron chi connectivity index (χ0n) is 19.5. The Morgan fingerprint density at radius 2 is 1.54 bits per heavy atom. The smallest absolute Gasteiger partial charge is 0.105 e. The molecule has 0 amide bonds. The Hall–Kier alpha value is -3.95. The van der Waals surface area contributed by atoms with Crippen LogP contribution in [-0.2, 0) is 5.41 Å². The van der Waals surface area contributed by atoms with Crippen molar-refractivity contribution < 1.29 is 0 Å². The van der Waals surface area contributed by atoms with E-state index in [0.29, 0.717) is 0 Å². The summed E-state index contributed by atoms with van der Waals surface area (Å²) in [5, 5.41) is 5.27. The van der Waals surface area contributed by atoms with Crippen LogP contribution in [0.2, 0.25) is 0 Å². The number of hydrogen-bond acceptors (Lipinski definition) is 2. The van der Waals surface area contributed by atoms with Crippen molar-refractivity contribution in [2.24, 2.45) is 0 Å². The molecule has 0 fully saturated rings. The molecule has 0 spiro atoms. The third kappa shape index (κ3) is 2.36. The van der Waals surface area contributed by atoms with Crippen LogP contribution >= 0.6 is 11.3 Å². The minimum absolute atomic E-state index is 0.0210. The van der Waals surface area contributed by atoms with E-state index in [1.54, 1.807) is 11.3 Å². The van der Waals surface area contributed by atoms with Crippen molar-refractivity contribution in [3.8, 4) is 16.8 Å². The average Bonchev–Trinajstić information content (AvgIpc) is 3.56. The number of nitrogens with zero attached hydrogens (tertiary/aromatic N) is 2. The molecule has 0 atom stereocenters. The average molecular weight is 467 g/mol. The van der Waals surface area contributed by atoms with E-state index in [9.17, 15) is 0 Å². The fourth-order valence-corrected chi connectivity index (χ4v) is 7.08. The molecule has 0 saturated heterocycles. The van der Waals surface area contributed by atoms with Crippen LogP contribution in [0.3, 0.4) is 0 Å². The van der Waals surface area contributed by atoms with Crippen molar-refractivity contribution in [3.63, 3.8) is 0 Å². The lowest BCUT2D eigenvalue weighted by Gasteiger charge is -2.21. The lowest BCUT2D eigenvalue weighted by atomic mass is 9.82. The van der Waals surface area contributed by atoms with E-state index in [-0.39, 0.29) is 5.41 Å². The van der Waals surface area contributed by atoms with Crippen molar-refractivity contribution in [1.82, 2.24) is 9.55 Å². The van der Waals surface area contributed by atoms with Crippen LogP contribution < -0.4 is 0 Å². The Kier molecular flexibility index (Phi) is 3.64. The molecule has 0 radical (unpaired) electrons. The molecule has 0 N–H and O–H groups in total. The highest BCUT2D eigenvalue weighted by Crippen LogP contribution is 2.53. The van der Waals surface area contributed by atoms with Gasteiger partial charge in [-0.15, -0.1) is 11.3 Å². The number of para-hydroxylation sites is 2. The Labute approximate surface area is 207 Å². The maximum Gasteiger partial charge on any atom is 0.105 e. The van der Waals surface area contributed by atoms with Crippen LogP contribution in [0.1, 0.15) is 25.0 Å². The molecular weight excluding hydrogens is 444 g/mol. The Bertz CT molecular complexity index is 1990. The Balaban J connectivity index is 1.62. The number of thiazole rings is 1. The fourth-order valence-electron chi connectivity index (χ4n) is 6.38. The molecule has 2 nitrogen and oxygen atoms in total. The predicted molar refractivity (Wildman–Crippen MR) is 149 cm³/mol. The second-order valence-corrected chi connectivity index (χ2v) is 10.9. The molecule has 0 bridgehead atoms. The molecular formula is C32H22N2S. The molecule has 0 saturated carbocycles. The van der Waals surface area contributed by atoms with Gasteiger partial charge in [-0.25, -0.2) is 4.98 Å². The molecule has 0 unspecified atom stereocenters. The first-order valence-electron chi connectivity index (χ1n) is 12.1. The standard InChI is InChI=1S/C32H22N2S/c1-32(2)22-10-5-3-8-20(22)29-23(32)16-14-19-15-17-25-30(28(19)29)21-9-4-6-11-24(21)34(25)26-12-7-13-27-31(26)33-18-35-27/h3-18H,1-2H3. The van der Waals surface area contributed by atoms with E-state index >= 15 is 0 Å². The van der Waals surface area contributed by atoms with E-state index in [0.717, 1.165) is 11.2 Å². The molecule has 3 heteroatoms. The minimum atomic E-state index is -0.0210. The second kappa shape index (κ2) is 6.59. The van der Waals surface area contributed by atoms with Gasteiger partial charge in [0.1, 0.15) is 5.52 Å². The zero-order chi connectivity index (χ0) is 23.3. The fraction of sp³-hybridized carbons (Fsp3) is 0.0938. The first kappa shape index (κ1) is 19.4. The third-order valence-electron chi connectivity index (χ3n) is 7.94. The second-order valence-electron chi connectivity index (χ2n) is 10.0. The van der Waals surface area contributed by atoms with Gasteiger partial charge in [0, 0.05) is 16.2 Å². The van der Waals surface area contributed by atoms with Gasteiger partial charge in [0.05, 0.1) is 26.9 Å². The van der Waals surface area contributed by atoms with E-state index in [1.165, 1.54) is 59.5 Å². The highest BCUT2D eigenvalue weighted by Gasteiger charge is 2.36. The van der Waals surface area contributed by atoms with Gasteiger partial charge in [0.15, 0.2) is 0 Å². The van der Waals surface area contributed by atoms with Crippen LogP contribution in [0.25, 0.3) is 59.6 Å². The van der Waals surface area contributed by atoms with E-state index < -0.39 is 0 Å². The molecule has 1 aliphatic rings. The van der Waals surface area contributed by atoms with Crippen molar-refractivity contribution in [2.45, 2.75) is 19.3 Å². The van der Waals surface area contributed by atoms with Gasteiger partial charge >= 0.3 is 0 Å². The molecule has 8 rings (SSSR count). The summed E-state index contributed by atoms with van der Waals surface area (Å²) in [6.07, 6.45) is 0. The van der Waals surface area contributed by atoms with Crippen LogP contribution in [0.5, 0.6) is 0 Å². The van der Waals surface area contributed by atoms with Gasteiger partial charge in [-0.1, -0.05) is 80.6 Å². The molecule has 2 heterocycles. The molecule has 35 heavy (non-hydrogen) atoms. The summed E-state index contributed by atoms with van der Waals surface area (Å²) in [5.74, 6) is 0. The monoisotopic (exact) mass is 466 g/mol. The van der Waals surface area contributed by atoms with Gasteiger partial charge in [0.25, 0.3) is 0 Å². The number of aromatic nitrogens is 2. The Morgan fingerprint density at radius 3 is 2.49 bits per heavy atom. The molecule has 166 valence electrons. The van der Waals surface area contributed by atoms with Gasteiger partial charge in [-0.3, -0.25) is 0 Å². The topological polar surface area (TPSA) is 17.8 Å². The molecule has 2 aromatic heterocycles. The quantitative estimate of drug-likeness (QED) is 0.236. The Morgan fingerprint density at radius 1 is 0.714 bits per heavy atom. The highest BCUT2D eigenvalue weighted by molar-refractivity contribution is 7.16. The summed E-state index contributed by atoms with van der Waals surface area (Å²) < 4.78 is 3.63. The van der Waals surface area contributed by atoms with Gasteiger partial charge in [-0.2, -0.15) is 0 Å². The molecule has 1 aliphatic carbocycles.